The lowest BCUT2D eigenvalue weighted by Gasteiger charge is -2.25. The molecule has 3 nitrogen and oxygen atoms in total. The maximum atomic E-state index is 11.5. The normalized spacial score (nSPS) is 18.5. The Balaban J connectivity index is 2.17. The minimum Gasteiger partial charge on any atom is -0.477 e. The molecule has 1 unspecified atom stereocenters. The van der Waals surface area contributed by atoms with E-state index >= 15 is 0 Å². The monoisotopic (exact) mass is 240 g/mol. The lowest BCUT2D eigenvalue weighted by atomic mass is 10.0. The van der Waals surface area contributed by atoms with Crippen molar-refractivity contribution in [2.75, 3.05) is 6.61 Å². The number of fused-ring (bicyclic) bond motifs is 1. The van der Waals surface area contributed by atoms with Gasteiger partial charge in [0, 0.05) is 0 Å². The standard InChI is InChI=1S/C12H13ClO3/c1-2-15-12(14)10-7-6-8-4-3-5-9(13)11(8)16-10/h3-5,10H,2,6-7H2,1H3. The van der Waals surface area contributed by atoms with Crippen molar-refractivity contribution < 1.29 is 14.3 Å². The highest BCUT2D eigenvalue weighted by Crippen LogP contribution is 2.34. The summed E-state index contributed by atoms with van der Waals surface area (Å²) < 4.78 is 10.5. The van der Waals surface area contributed by atoms with E-state index in [0.29, 0.717) is 23.8 Å². The first-order valence-electron chi connectivity index (χ1n) is 5.33. The molecule has 0 fully saturated rings. The van der Waals surface area contributed by atoms with Crippen LogP contribution in [-0.2, 0) is 16.0 Å². The van der Waals surface area contributed by atoms with Crippen LogP contribution < -0.4 is 4.74 Å². The zero-order valence-corrected chi connectivity index (χ0v) is 9.79. The van der Waals surface area contributed by atoms with Crippen molar-refractivity contribution in [1.82, 2.24) is 0 Å². The molecule has 1 heterocycles. The number of esters is 1. The Morgan fingerprint density at radius 1 is 1.62 bits per heavy atom. The first-order chi connectivity index (χ1) is 7.72. The van der Waals surface area contributed by atoms with Gasteiger partial charge in [-0.05, 0) is 31.4 Å². The van der Waals surface area contributed by atoms with Gasteiger partial charge in [0.25, 0.3) is 0 Å². The number of carbonyl (C=O) groups is 1. The molecule has 0 spiro atoms. The van der Waals surface area contributed by atoms with E-state index in [1.165, 1.54) is 0 Å². The molecule has 0 aromatic heterocycles. The minimum atomic E-state index is -0.521. The van der Waals surface area contributed by atoms with Gasteiger partial charge in [-0.15, -0.1) is 0 Å². The SMILES string of the molecule is CCOC(=O)C1CCc2cccc(Cl)c2O1. The summed E-state index contributed by atoms with van der Waals surface area (Å²) in [6, 6.07) is 5.60. The number of ether oxygens (including phenoxy) is 2. The van der Waals surface area contributed by atoms with Crippen LogP contribution in [0.5, 0.6) is 5.75 Å². The molecule has 1 aromatic carbocycles. The maximum absolute atomic E-state index is 11.5. The fraction of sp³-hybridized carbons (Fsp3) is 0.417. The Bertz CT molecular complexity index is 403. The topological polar surface area (TPSA) is 35.5 Å². The van der Waals surface area contributed by atoms with Crippen LogP contribution in [-0.4, -0.2) is 18.7 Å². The molecule has 0 bridgehead atoms. The third-order valence-electron chi connectivity index (χ3n) is 2.53. The van der Waals surface area contributed by atoms with Crippen LogP contribution in [0.2, 0.25) is 5.02 Å². The average Bonchev–Trinajstić information content (AvgIpc) is 2.29. The molecule has 1 atom stereocenters. The first-order valence-corrected chi connectivity index (χ1v) is 5.71. The Labute approximate surface area is 99.3 Å². The smallest absolute Gasteiger partial charge is 0.347 e. The Morgan fingerprint density at radius 3 is 3.19 bits per heavy atom. The predicted molar refractivity (Wildman–Crippen MR) is 60.8 cm³/mol. The number of hydrogen-bond donors (Lipinski definition) is 0. The summed E-state index contributed by atoms with van der Waals surface area (Å²) in [6.45, 7) is 2.15. The van der Waals surface area contributed by atoms with E-state index in [0.717, 1.165) is 12.0 Å². The van der Waals surface area contributed by atoms with Crippen molar-refractivity contribution in [3.63, 3.8) is 0 Å². The number of aryl methyl sites for hydroxylation is 1. The highest BCUT2D eigenvalue weighted by Gasteiger charge is 2.28. The second kappa shape index (κ2) is 4.74. The highest BCUT2D eigenvalue weighted by molar-refractivity contribution is 6.32. The predicted octanol–water partition coefficient (Wildman–Crippen LogP) is 2.60. The van der Waals surface area contributed by atoms with Crippen LogP contribution in [0.4, 0.5) is 0 Å². The number of rotatable bonds is 2. The number of hydrogen-bond acceptors (Lipinski definition) is 3. The molecular weight excluding hydrogens is 228 g/mol. The van der Waals surface area contributed by atoms with E-state index in [4.69, 9.17) is 21.1 Å². The first kappa shape index (κ1) is 11.3. The van der Waals surface area contributed by atoms with Gasteiger partial charge in [-0.2, -0.15) is 0 Å². The van der Waals surface area contributed by atoms with Gasteiger partial charge in [-0.1, -0.05) is 23.7 Å². The minimum absolute atomic E-state index is 0.312. The summed E-state index contributed by atoms with van der Waals surface area (Å²) in [5.41, 5.74) is 1.05. The molecule has 86 valence electrons. The molecule has 0 saturated carbocycles. The molecule has 1 aliphatic rings. The zero-order valence-electron chi connectivity index (χ0n) is 9.03. The van der Waals surface area contributed by atoms with Crippen molar-refractivity contribution >= 4 is 17.6 Å². The fourth-order valence-electron chi connectivity index (χ4n) is 1.77. The van der Waals surface area contributed by atoms with Crippen LogP contribution in [0, 0.1) is 0 Å². The van der Waals surface area contributed by atoms with Crippen molar-refractivity contribution in [3.8, 4) is 5.75 Å². The van der Waals surface area contributed by atoms with E-state index in [1.54, 1.807) is 13.0 Å². The lowest BCUT2D eigenvalue weighted by Crippen LogP contribution is -2.33. The van der Waals surface area contributed by atoms with Gasteiger partial charge < -0.3 is 9.47 Å². The number of halogens is 1. The van der Waals surface area contributed by atoms with Crippen molar-refractivity contribution in [3.05, 3.63) is 28.8 Å². The Kier molecular flexibility index (Phi) is 3.34. The average molecular weight is 241 g/mol. The van der Waals surface area contributed by atoms with Gasteiger partial charge in [-0.3, -0.25) is 0 Å². The van der Waals surface area contributed by atoms with Crippen molar-refractivity contribution in [2.45, 2.75) is 25.9 Å². The van der Waals surface area contributed by atoms with E-state index in [-0.39, 0.29) is 5.97 Å². The molecule has 4 heteroatoms. The van der Waals surface area contributed by atoms with Gasteiger partial charge in [0.15, 0.2) is 6.10 Å². The van der Waals surface area contributed by atoms with Crippen LogP contribution in [0.3, 0.4) is 0 Å². The van der Waals surface area contributed by atoms with E-state index < -0.39 is 6.10 Å². The molecule has 0 saturated heterocycles. The van der Waals surface area contributed by atoms with Crippen molar-refractivity contribution in [1.29, 1.82) is 0 Å². The Morgan fingerprint density at radius 2 is 2.44 bits per heavy atom. The molecule has 0 amide bonds. The molecule has 16 heavy (non-hydrogen) atoms. The second-order valence-electron chi connectivity index (χ2n) is 3.63. The number of carbonyl (C=O) groups excluding carboxylic acids is 1. The van der Waals surface area contributed by atoms with Crippen LogP contribution in [0.15, 0.2) is 18.2 Å². The maximum Gasteiger partial charge on any atom is 0.347 e. The Hall–Kier alpha value is -1.22. The molecular formula is C12H13ClO3. The third kappa shape index (κ3) is 2.14. The summed E-state index contributed by atoms with van der Waals surface area (Å²) in [7, 11) is 0. The molecule has 1 aromatic rings. The summed E-state index contributed by atoms with van der Waals surface area (Å²) >= 11 is 6.01. The van der Waals surface area contributed by atoms with Gasteiger partial charge in [-0.25, -0.2) is 4.79 Å². The van der Waals surface area contributed by atoms with E-state index in [9.17, 15) is 4.79 Å². The molecule has 0 radical (unpaired) electrons. The highest BCUT2D eigenvalue weighted by atomic mass is 35.5. The second-order valence-corrected chi connectivity index (χ2v) is 4.03. The molecule has 2 rings (SSSR count). The quantitative estimate of drug-likeness (QED) is 0.746. The van der Waals surface area contributed by atoms with E-state index in [1.807, 2.05) is 12.1 Å². The summed E-state index contributed by atoms with van der Waals surface area (Å²) in [5, 5.41) is 0.548. The van der Waals surface area contributed by atoms with Gasteiger partial charge in [0.1, 0.15) is 5.75 Å². The lowest BCUT2D eigenvalue weighted by molar-refractivity contribution is -0.152. The summed E-state index contributed by atoms with van der Waals surface area (Å²) in [5.74, 6) is 0.307. The summed E-state index contributed by atoms with van der Waals surface area (Å²) in [4.78, 5) is 11.5. The summed E-state index contributed by atoms with van der Waals surface area (Å²) in [6.07, 6.45) is 0.915. The van der Waals surface area contributed by atoms with Crippen LogP contribution >= 0.6 is 11.6 Å². The van der Waals surface area contributed by atoms with Gasteiger partial charge in [0.2, 0.25) is 0 Å². The van der Waals surface area contributed by atoms with Gasteiger partial charge >= 0.3 is 5.97 Å². The molecule has 0 N–H and O–H groups in total. The third-order valence-corrected chi connectivity index (χ3v) is 2.83. The largest absolute Gasteiger partial charge is 0.477 e. The zero-order chi connectivity index (χ0) is 11.5. The van der Waals surface area contributed by atoms with Crippen LogP contribution in [0.25, 0.3) is 0 Å². The van der Waals surface area contributed by atoms with Gasteiger partial charge in [0.05, 0.1) is 11.6 Å². The molecule has 0 aliphatic carbocycles. The number of para-hydroxylation sites is 1. The molecule has 1 aliphatic heterocycles. The number of benzene rings is 1. The van der Waals surface area contributed by atoms with Crippen molar-refractivity contribution in [2.24, 2.45) is 0 Å². The fourth-order valence-corrected chi connectivity index (χ4v) is 2.01. The van der Waals surface area contributed by atoms with E-state index in [2.05, 4.69) is 0 Å². The van der Waals surface area contributed by atoms with Crippen LogP contribution in [0.1, 0.15) is 18.9 Å².